The van der Waals surface area contributed by atoms with Gasteiger partial charge in [0.2, 0.25) is 0 Å². The summed E-state index contributed by atoms with van der Waals surface area (Å²) >= 11 is 0. The van der Waals surface area contributed by atoms with E-state index in [0.717, 1.165) is 0 Å². The number of likely N-dealkylation sites (N-methyl/N-ethyl adjacent to an activating group) is 1. The number of fused-ring (bicyclic) bond motifs is 1. The summed E-state index contributed by atoms with van der Waals surface area (Å²) in [4.78, 5) is 4.93. The maximum absolute atomic E-state index is 5.94. The first-order valence-electron chi connectivity index (χ1n) is 4.83. The summed E-state index contributed by atoms with van der Waals surface area (Å²) in [5.74, 6) is 0. The molecule has 3 heteroatoms. The second-order valence-corrected chi connectivity index (χ2v) is 4.44. The Balaban J connectivity index is 1.91. The maximum Gasteiger partial charge on any atom is 0.0877 e. The van der Waals surface area contributed by atoms with E-state index in [9.17, 15) is 0 Å². The normalized spacial score (nSPS) is 51.2. The Labute approximate surface area is 73.3 Å². The second kappa shape index (κ2) is 2.22. The van der Waals surface area contributed by atoms with Gasteiger partial charge in [0, 0.05) is 13.1 Å². The Morgan fingerprint density at radius 1 is 1.33 bits per heavy atom. The number of nitrogens with zero attached hydrogens (tertiary/aromatic N) is 2. The van der Waals surface area contributed by atoms with E-state index in [4.69, 9.17) is 4.74 Å². The molecule has 3 rings (SSSR count). The molecule has 0 aromatic rings. The van der Waals surface area contributed by atoms with Crippen LogP contribution in [-0.2, 0) is 4.74 Å². The van der Waals surface area contributed by atoms with E-state index in [-0.39, 0.29) is 0 Å². The molecule has 68 valence electrons. The average molecular weight is 168 g/mol. The zero-order chi connectivity index (χ0) is 8.29. The number of hydrogen-bond donors (Lipinski definition) is 0. The van der Waals surface area contributed by atoms with Crippen LogP contribution in [0.2, 0.25) is 0 Å². The zero-order valence-corrected chi connectivity index (χ0v) is 7.73. The molecule has 0 N–H and O–H groups in total. The van der Waals surface area contributed by atoms with Crippen LogP contribution in [0.1, 0.15) is 6.42 Å². The van der Waals surface area contributed by atoms with E-state index >= 15 is 0 Å². The van der Waals surface area contributed by atoms with Gasteiger partial charge in [0.05, 0.1) is 24.3 Å². The van der Waals surface area contributed by atoms with Gasteiger partial charge in [-0.1, -0.05) is 0 Å². The maximum atomic E-state index is 5.94. The van der Waals surface area contributed by atoms with Crippen molar-refractivity contribution >= 4 is 0 Å². The van der Waals surface area contributed by atoms with Gasteiger partial charge in [-0.3, -0.25) is 4.90 Å². The van der Waals surface area contributed by atoms with Crippen LogP contribution in [0.25, 0.3) is 0 Å². The molecule has 0 aliphatic carbocycles. The molecule has 0 saturated carbocycles. The van der Waals surface area contributed by atoms with Crippen molar-refractivity contribution in [3.8, 4) is 0 Å². The molecule has 0 unspecified atom stereocenters. The molecule has 3 fully saturated rings. The van der Waals surface area contributed by atoms with Crippen molar-refractivity contribution < 1.29 is 4.74 Å². The number of rotatable bonds is 1. The fourth-order valence-corrected chi connectivity index (χ4v) is 3.19. The summed E-state index contributed by atoms with van der Waals surface area (Å²) in [7, 11) is 4.34. The molecule has 2 bridgehead atoms. The van der Waals surface area contributed by atoms with E-state index < -0.39 is 0 Å². The molecule has 0 radical (unpaired) electrons. The highest BCUT2D eigenvalue weighted by Crippen LogP contribution is 2.41. The Kier molecular flexibility index (Phi) is 1.35. The summed E-state index contributed by atoms with van der Waals surface area (Å²) < 4.78 is 5.94. The molecule has 3 nitrogen and oxygen atoms in total. The fourth-order valence-electron chi connectivity index (χ4n) is 3.19. The third-order valence-electron chi connectivity index (χ3n) is 3.59. The standard InChI is InChI=1S/C9H16N2O/c1-10(2)8-7-5-11-4-3-6(12-7)9(8)11/h6-9H,3-5H2,1-2H3/t6-,7-,8+,9-/m1/s1. The minimum absolute atomic E-state index is 0.498. The summed E-state index contributed by atoms with van der Waals surface area (Å²) in [6.07, 6.45) is 2.31. The van der Waals surface area contributed by atoms with Crippen molar-refractivity contribution in [1.29, 1.82) is 0 Å². The predicted octanol–water partition coefficient (Wildman–Crippen LogP) is -0.228. The van der Waals surface area contributed by atoms with Crippen LogP contribution in [0.3, 0.4) is 0 Å². The quantitative estimate of drug-likeness (QED) is 0.538. The van der Waals surface area contributed by atoms with E-state index in [1.54, 1.807) is 0 Å². The second-order valence-electron chi connectivity index (χ2n) is 4.44. The van der Waals surface area contributed by atoms with Crippen LogP contribution in [0.5, 0.6) is 0 Å². The van der Waals surface area contributed by atoms with Gasteiger partial charge in [0.25, 0.3) is 0 Å². The van der Waals surface area contributed by atoms with Crippen molar-refractivity contribution in [2.24, 2.45) is 0 Å². The van der Waals surface area contributed by atoms with Gasteiger partial charge in [-0.25, -0.2) is 0 Å². The van der Waals surface area contributed by atoms with Crippen molar-refractivity contribution in [2.75, 3.05) is 27.2 Å². The van der Waals surface area contributed by atoms with Crippen LogP contribution in [0.4, 0.5) is 0 Å². The topological polar surface area (TPSA) is 15.7 Å². The van der Waals surface area contributed by atoms with Crippen LogP contribution in [0.15, 0.2) is 0 Å². The molecular weight excluding hydrogens is 152 g/mol. The smallest absolute Gasteiger partial charge is 0.0877 e. The molecule has 4 atom stereocenters. The Bertz CT molecular complexity index is 193. The lowest BCUT2D eigenvalue weighted by molar-refractivity contribution is 0.00583. The first-order chi connectivity index (χ1) is 5.77. The van der Waals surface area contributed by atoms with Gasteiger partial charge in [0.15, 0.2) is 0 Å². The largest absolute Gasteiger partial charge is 0.370 e. The van der Waals surface area contributed by atoms with Gasteiger partial charge in [-0.05, 0) is 20.5 Å². The highest BCUT2D eigenvalue weighted by molar-refractivity contribution is 5.11. The average Bonchev–Trinajstić information content (AvgIpc) is 2.54. The van der Waals surface area contributed by atoms with Crippen molar-refractivity contribution in [3.05, 3.63) is 0 Å². The Morgan fingerprint density at radius 2 is 2.17 bits per heavy atom. The molecule has 12 heavy (non-hydrogen) atoms. The lowest BCUT2D eigenvalue weighted by Gasteiger charge is -2.23. The summed E-state index contributed by atoms with van der Waals surface area (Å²) in [6, 6.07) is 1.38. The van der Waals surface area contributed by atoms with Crippen LogP contribution < -0.4 is 0 Å². The summed E-state index contributed by atoms with van der Waals surface area (Å²) in [5.41, 5.74) is 0. The lowest BCUT2D eigenvalue weighted by atomic mass is 10.1. The van der Waals surface area contributed by atoms with Crippen molar-refractivity contribution in [3.63, 3.8) is 0 Å². The van der Waals surface area contributed by atoms with E-state index in [1.807, 2.05) is 0 Å². The first-order valence-corrected chi connectivity index (χ1v) is 4.83. The minimum Gasteiger partial charge on any atom is -0.370 e. The number of morpholine rings is 1. The Hall–Kier alpha value is -0.120. The van der Waals surface area contributed by atoms with Gasteiger partial charge in [-0.2, -0.15) is 0 Å². The molecule has 0 amide bonds. The van der Waals surface area contributed by atoms with E-state index in [1.165, 1.54) is 19.5 Å². The SMILES string of the molecule is CN(C)[C@@H]1[C@H]2[C@H]3CCN2C[C@H]1O3. The minimum atomic E-state index is 0.498. The molecule has 0 aromatic heterocycles. The zero-order valence-electron chi connectivity index (χ0n) is 7.73. The third kappa shape index (κ3) is 0.721. The third-order valence-corrected chi connectivity index (χ3v) is 3.59. The molecule has 3 saturated heterocycles. The Morgan fingerprint density at radius 3 is 2.75 bits per heavy atom. The molecule has 3 aliphatic heterocycles. The van der Waals surface area contributed by atoms with Gasteiger partial charge >= 0.3 is 0 Å². The van der Waals surface area contributed by atoms with E-state index in [2.05, 4.69) is 23.9 Å². The molecule has 0 spiro atoms. The van der Waals surface area contributed by atoms with Crippen molar-refractivity contribution in [1.82, 2.24) is 9.80 Å². The fraction of sp³-hybridized carbons (Fsp3) is 1.00. The van der Waals surface area contributed by atoms with Gasteiger partial charge < -0.3 is 9.64 Å². The van der Waals surface area contributed by atoms with Gasteiger partial charge in [-0.15, -0.1) is 0 Å². The van der Waals surface area contributed by atoms with Crippen molar-refractivity contribution in [2.45, 2.75) is 30.7 Å². The molecule has 3 aliphatic rings. The number of hydrogen-bond acceptors (Lipinski definition) is 3. The summed E-state index contributed by atoms with van der Waals surface area (Å²) in [5, 5.41) is 0. The lowest BCUT2D eigenvalue weighted by Crippen LogP contribution is -2.41. The monoisotopic (exact) mass is 168 g/mol. The predicted molar refractivity (Wildman–Crippen MR) is 46.1 cm³/mol. The highest BCUT2D eigenvalue weighted by atomic mass is 16.5. The molecule has 3 heterocycles. The van der Waals surface area contributed by atoms with Gasteiger partial charge in [0.1, 0.15) is 0 Å². The van der Waals surface area contributed by atoms with E-state index in [0.29, 0.717) is 24.3 Å². The van der Waals surface area contributed by atoms with Crippen LogP contribution in [0, 0.1) is 0 Å². The number of ether oxygens (including phenoxy) is 1. The molecular formula is C9H16N2O. The summed E-state index contributed by atoms with van der Waals surface area (Å²) in [6.45, 7) is 2.43. The van der Waals surface area contributed by atoms with Crippen LogP contribution >= 0.6 is 0 Å². The van der Waals surface area contributed by atoms with Crippen LogP contribution in [-0.4, -0.2) is 61.3 Å². The molecule has 0 aromatic carbocycles. The first kappa shape index (κ1) is 7.30. The highest BCUT2D eigenvalue weighted by Gasteiger charge is 2.57.